The van der Waals surface area contributed by atoms with Crippen molar-refractivity contribution in [2.45, 2.75) is 19.8 Å². The predicted molar refractivity (Wildman–Crippen MR) is 51.8 cm³/mol. The SMILES string of the molecule is CCC1=CC=C(S(=O)(=O)O)CC=C1. The Morgan fingerprint density at radius 3 is 2.69 bits per heavy atom. The number of hydrogen-bond acceptors (Lipinski definition) is 2. The van der Waals surface area contributed by atoms with Crippen LogP contribution in [0, 0.1) is 0 Å². The fourth-order valence-electron chi connectivity index (χ4n) is 1.08. The van der Waals surface area contributed by atoms with Crippen LogP contribution in [0.4, 0.5) is 0 Å². The van der Waals surface area contributed by atoms with Gasteiger partial charge in [-0.05, 0) is 18.1 Å². The van der Waals surface area contributed by atoms with E-state index in [1.54, 1.807) is 12.2 Å². The molecule has 0 unspecified atom stereocenters. The monoisotopic (exact) mass is 200 g/mol. The van der Waals surface area contributed by atoms with Crippen LogP contribution in [0.3, 0.4) is 0 Å². The van der Waals surface area contributed by atoms with Gasteiger partial charge in [0, 0.05) is 6.42 Å². The van der Waals surface area contributed by atoms with Crippen LogP contribution in [0.25, 0.3) is 0 Å². The van der Waals surface area contributed by atoms with Gasteiger partial charge in [-0.1, -0.05) is 25.2 Å². The van der Waals surface area contributed by atoms with Crippen LogP contribution < -0.4 is 0 Å². The van der Waals surface area contributed by atoms with E-state index in [1.165, 1.54) is 6.08 Å². The third-order valence-corrected chi connectivity index (χ3v) is 2.84. The molecule has 0 radical (unpaired) electrons. The van der Waals surface area contributed by atoms with Crippen LogP contribution in [0.15, 0.2) is 34.8 Å². The lowest BCUT2D eigenvalue weighted by Gasteiger charge is -1.96. The quantitative estimate of drug-likeness (QED) is 0.694. The fourth-order valence-corrected chi connectivity index (χ4v) is 1.62. The molecule has 0 amide bonds. The molecular formula is C9H12O3S. The predicted octanol–water partition coefficient (Wildman–Crippen LogP) is 2.05. The van der Waals surface area contributed by atoms with E-state index in [1.807, 2.05) is 13.0 Å². The summed E-state index contributed by atoms with van der Waals surface area (Å²) in [6.07, 6.45) is 7.89. The van der Waals surface area contributed by atoms with E-state index >= 15 is 0 Å². The Bertz CT molecular complexity index is 372. The lowest BCUT2D eigenvalue weighted by Crippen LogP contribution is -2.00. The zero-order valence-corrected chi connectivity index (χ0v) is 8.21. The van der Waals surface area contributed by atoms with E-state index in [-0.39, 0.29) is 11.3 Å². The Kier molecular flexibility index (Phi) is 3.06. The summed E-state index contributed by atoms with van der Waals surface area (Å²) in [5.41, 5.74) is 1.05. The van der Waals surface area contributed by atoms with Crippen LogP contribution in [0.1, 0.15) is 19.8 Å². The lowest BCUT2D eigenvalue weighted by atomic mass is 10.2. The van der Waals surface area contributed by atoms with Crippen LogP contribution >= 0.6 is 0 Å². The molecule has 13 heavy (non-hydrogen) atoms. The van der Waals surface area contributed by atoms with E-state index in [2.05, 4.69) is 0 Å². The van der Waals surface area contributed by atoms with Crippen LogP contribution in [-0.2, 0) is 10.1 Å². The fraction of sp³-hybridized carbons (Fsp3) is 0.333. The van der Waals surface area contributed by atoms with E-state index in [0.717, 1.165) is 12.0 Å². The minimum Gasteiger partial charge on any atom is -0.282 e. The van der Waals surface area contributed by atoms with Crippen molar-refractivity contribution in [3.63, 3.8) is 0 Å². The molecule has 0 saturated heterocycles. The van der Waals surface area contributed by atoms with Gasteiger partial charge in [0.15, 0.2) is 0 Å². The minimum absolute atomic E-state index is 0.0483. The number of rotatable bonds is 2. The number of allylic oxidation sites excluding steroid dienone is 6. The lowest BCUT2D eigenvalue weighted by molar-refractivity contribution is 0.490. The molecule has 1 N–H and O–H groups in total. The maximum atomic E-state index is 10.8. The maximum Gasteiger partial charge on any atom is 0.290 e. The molecule has 0 aliphatic heterocycles. The molecule has 0 spiro atoms. The number of hydrogen-bond donors (Lipinski definition) is 1. The van der Waals surface area contributed by atoms with Crippen LogP contribution in [0.2, 0.25) is 0 Å². The summed E-state index contributed by atoms with van der Waals surface area (Å²) in [7, 11) is -4.02. The smallest absolute Gasteiger partial charge is 0.282 e. The first-order chi connectivity index (χ1) is 6.04. The normalized spacial score (nSPS) is 17.7. The van der Waals surface area contributed by atoms with E-state index in [0.29, 0.717) is 0 Å². The van der Waals surface area contributed by atoms with Crippen molar-refractivity contribution < 1.29 is 13.0 Å². The van der Waals surface area contributed by atoms with Crippen molar-refractivity contribution in [1.82, 2.24) is 0 Å². The Labute approximate surface area is 78.2 Å². The van der Waals surface area contributed by atoms with Gasteiger partial charge in [0.2, 0.25) is 0 Å². The molecule has 0 aromatic rings. The Morgan fingerprint density at radius 2 is 2.15 bits per heavy atom. The molecule has 0 aromatic carbocycles. The van der Waals surface area contributed by atoms with Crippen molar-refractivity contribution in [2.24, 2.45) is 0 Å². The summed E-state index contributed by atoms with van der Waals surface area (Å²) in [5.74, 6) is 0. The van der Waals surface area contributed by atoms with Crippen LogP contribution in [0.5, 0.6) is 0 Å². The summed E-state index contributed by atoms with van der Waals surface area (Å²) in [5, 5.41) is 0. The van der Waals surface area contributed by atoms with Crippen molar-refractivity contribution >= 4 is 10.1 Å². The van der Waals surface area contributed by atoms with Gasteiger partial charge in [-0.25, -0.2) is 0 Å². The van der Waals surface area contributed by atoms with Gasteiger partial charge in [0.25, 0.3) is 10.1 Å². The molecule has 0 heterocycles. The highest BCUT2D eigenvalue weighted by Gasteiger charge is 2.12. The van der Waals surface area contributed by atoms with Gasteiger partial charge < -0.3 is 0 Å². The first-order valence-corrected chi connectivity index (χ1v) is 5.52. The molecule has 0 saturated carbocycles. The van der Waals surface area contributed by atoms with E-state index in [4.69, 9.17) is 4.55 Å². The van der Waals surface area contributed by atoms with Gasteiger partial charge >= 0.3 is 0 Å². The molecule has 72 valence electrons. The Hall–Kier alpha value is -0.870. The standard InChI is InChI=1S/C9H12O3S/c1-2-8-4-3-5-9(7-6-8)13(10,11)12/h3-4,6-7H,2,5H2,1H3,(H,10,11,12). The molecule has 4 heteroatoms. The zero-order chi connectivity index (χ0) is 9.90. The van der Waals surface area contributed by atoms with Gasteiger partial charge in [-0.3, -0.25) is 4.55 Å². The van der Waals surface area contributed by atoms with E-state index in [9.17, 15) is 8.42 Å². The molecule has 3 nitrogen and oxygen atoms in total. The molecule has 0 bridgehead atoms. The maximum absolute atomic E-state index is 10.8. The third-order valence-electron chi connectivity index (χ3n) is 1.87. The van der Waals surface area contributed by atoms with Crippen molar-refractivity contribution in [2.75, 3.05) is 0 Å². The molecule has 1 aliphatic rings. The summed E-state index contributed by atoms with van der Waals surface area (Å²) in [6.45, 7) is 1.99. The summed E-state index contributed by atoms with van der Waals surface area (Å²) >= 11 is 0. The summed E-state index contributed by atoms with van der Waals surface area (Å²) in [4.78, 5) is 0.0483. The largest absolute Gasteiger partial charge is 0.290 e. The second kappa shape index (κ2) is 3.89. The molecule has 1 aliphatic carbocycles. The first kappa shape index (κ1) is 10.2. The molecule has 0 atom stereocenters. The van der Waals surface area contributed by atoms with Crippen LogP contribution in [-0.4, -0.2) is 13.0 Å². The van der Waals surface area contributed by atoms with Crippen molar-refractivity contribution in [3.8, 4) is 0 Å². The van der Waals surface area contributed by atoms with E-state index < -0.39 is 10.1 Å². The van der Waals surface area contributed by atoms with Gasteiger partial charge in [0.1, 0.15) is 0 Å². The summed E-state index contributed by atoms with van der Waals surface area (Å²) in [6, 6.07) is 0. The zero-order valence-electron chi connectivity index (χ0n) is 7.40. The van der Waals surface area contributed by atoms with Gasteiger partial charge in [-0.2, -0.15) is 8.42 Å². The highest BCUT2D eigenvalue weighted by Crippen LogP contribution is 2.16. The third kappa shape index (κ3) is 2.82. The van der Waals surface area contributed by atoms with Gasteiger partial charge in [-0.15, -0.1) is 0 Å². The van der Waals surface area contributed by atoms with Crippen molar-refractivity contribution in [3.05, 3.63) is 34.8 Å². The molecule has 0 aromatic heterocycles. The average Bonchev–Trinajstić information content (AvgIpc) is 2.26. The molecule has 0 fully saturated rings. The van der Waals surface area contributed by atoms with Crippen molar-refractivity contribution in [1.29, 1.82) is 0 Å². The summed E-state index contributed by atoms with van der Waals surface area (Å²) < 4.78 is 30.3. The molecular weight excluding hydrogens is 188 g/mol. The second-order valence-corrected chi connectivity index (χ2v) is 4.28. The van der Waals surface area contributed by atoms with Gasteiger partial charge in [0.05, 0.1) is 4.91 Å². The molecule has 1 rings (SSSR count). The Morgan fingerprint density at radius 1 is 1.46 bits per heavy atom. The topological polar surface area (TPSA) is 54.4 Å². The highest BCUT2D eigenvalue weighted by molar-refractivity contribution is 7.89. The second-order valence-electron chi connectivity index (χ2n) is 2.81. The Balaban J connectivity index is 3.01. The average molecular weight is 200 g/mol. The highest BCUT2D eigenvalue weighted by atomic mass is 32.2. The first-order valence-electron chi connectivity index (χ1n) is 4.08. The minimum atomic E-state index is -4.02.